The van der Waals surface area contributed by atoms with E-state index in [2.05, 4.69) is 41.8 Å². The van der Waals surface area contributed by atoms with E-state index in [4.69, 9.17) is 10.1 Å². The zero-order valence-corrected chi connectivity index (χ0v) is 22.4. The van der Waals surface area contributed by atoms with Gasteiger partial charge in [0.25, 0.3) is 5.56 Å². The first-order valence-electron chi connectivity index (χ1n) is 12.9. The number of aryl methyl sites for hydroxylation is 1. The summed E-state index contributed by atoms with van der Waals surface area (Å²) in [5.41, 5.74) is 7.50. The number of hydrogen-bond acceptors (Lipinski definition) is 4. The highest BCUT2D eigenvalue weighted by Gasteiger charge is 2.18. The molecule has 2 aromatic heterocycles. The highest BCUT2D eigenvalue weighted by atomic mass is 32.1. The number of thiazole rings is 1. The Hall–Kier alpha value is -4.23. The normalized spacial score (nSPS) is 15.0. The van der Waals surface area contributed by atoms with Crippen molar-refractivity contribution in [3.8, 4) is 16.9 Å². The van der Waals surface area contributed by atoms with Gasteiger partial charge in [-0.15, -0.1) is 11.3 Å². The molecule has 7 heteroatoms. The average molecular weight is 520 g/mol. The second-order valence-electron chi connectivity index (χ2n) is 9.51. The predicted octanol–water partition coefficient (Wildman–Crippen LogP) is 6.23. The fourth-order valence-corrected chi connectivity index (χ4v) is 5.88. The molecule has 0 atom stereocenters. The van der Waals surface area contributed by atoms with Gasteiger partial charge in [0, 0.05) is 23.6 Å². The minimum Gasteiger partial charge on any atom is -0.283 e. The maximum atomic E-state index is 13.6. The summed E-state index contributed by atoms with van der Waals surface area (Å²) in [6, 6.07) is 28.5. The van der Waals surface area contributed by atoms with Crippen LogP contribution in [0.5, 0.6) is 0 Å². The number of aromatic nitrogens is 3. The molecule has 6 rings (SSSR count). The van der Waals surface area contributed by atoms with E-state index in [9.17, 15) is 4.79 Å². The topological polar surface area (TPSA) is 56.6 Å². The zero-order chi connectivity index (χ0) is 26.1. The summed E-state index contributed by atoms with van der Waals surface area (Å²) >= 11 is 1.50. The lowest BCUT2D eigenvalue weighted by Crippen LogP contribution is -2.20. The van der Waals surface area contributed by atoms with Crippen LogP contribution in [0.25, 0.3) is 16.9 Å². The van der Waals surface area contributed by atoms with E-state index in [0.29, 0.717) is 10.5 Å². The van der Waals surface area contributed by atoms with Crippen molar-refractivity contribution in [1.82, 2.24) is 14.0 Å². The summed E-state index contributed by atoms with van der Waals surface area (Å²) < 4.78 is 5.45. The van der Waals surface area contributed by atoms with Crippen LogP contribution >= 0.6 is 11.3 Å². The van der Waals surface area contributed by atoms with Crippen LogP contribution in [0.3, 0.4) is 0 Å². The Balaban J connectivity index is 1.58. The van der Waals surface area contributed by atoms with Crippen molar-refractivity contribution in [2.24, 2.45) is 17.1 Å². The zero-order valence-electron chi connectivity index (χ0n) is 21.5. The lowest BCUT2D eigenvalue weighted by Gasteiger charge is -2.10. The van der Waals surface area contributed by atoms with E-state index >= 15 is 0 Å². The highest BCUT2D eigenvalue weighted by molar-refractivity contribution is 7.07. The molecule has 38 heavy (non-hydrogen) atoms. The quantitative estimate of drug-likeness (QED) is 0.260. The summed E-state index contributed by atoms with van der Waals surface area (Å²) in [5, 5.41) is 7.31. The molecule has 6 nitrogen and oxygen atoms in total. The average Bonchev–Trinajstić information content (AvgIpc) is 3.35. The largest absolute Gasteiger partial charge is 0.297 e. The van der Waals surface area contributed by atoms with Crippen LogP contribution in [0.1, 0.15) is 36.1 Å². The van der Waals surface area contributed by atoms with Crippen LogP contribution in [0, 0.1) is 6.92 Å². The van der Waals surface area contributed by atoms with Gasteiger partial charge in [-0.05, 0) is 50.3 Å². The van der Waals surface area contributed by atoms with Crippen molar-refractivity contribution in [2.75, 3.05) is 0 Å². The Labute approximate surface area is 225 Å². The highest BCUT2D eigenvalue weighted by Crippen LogP contribution is 2.25. The molecule has 5 aromatic rings. The van der Waals surface area contributed by atoms with Gasteiger partial charge in [-0.1, -0.05) is 72.8 Å². The van der Waals surface area contributed by atoms with Gasteiger partial charge in [-0.2, -0.15) is 5.10 Å². The number of nitrogens with zero attached hydrogens (tertiary/aromatic N) is 5. The molecule has 0 bridgehead atoms. The second kappa shape index (κ2) is 10.3. The van der Waals surface area contributed by atoms with Gasteiger partial charge in [-0.25, -0.2) is 14.4 Å². The molecule has 2 heterocycles. The molecule has 0 radical (unpaired) electrons. The summed E-state index contributed by atoms with van der Waals surface area (Å²) in [6.45, 7) is 1.93. The van der Waals surface area contributed by atoms with Crippen molar-refractivity contribution in [3.63, 3.8) is 0 Å². The van der Waals surface area contributed by atoms with Crippen LogP contribution in [0.2, 0.25) is 0 Å². The summed E-state index contributed by atoms with van der Waals surface area (Å²) in [6.07, 6.45) is 4.20. The molecule has 1 aliphatic rings. The van der Waals surface area contributed by atoms with E-state index in [1.807, 2.05) is 71.9 Å². The molecule has 1 aliphatic carbocycles. The van der Waals surface area contributed by atoms with Gasteiger partial charge in [-0.3, -0.25) is 9.48 Å². The van der Waals surface area contributed by atoms with Crippen LogP contribution in [-0.2, 0) is 13.5 Å². The maximum absolute atomic E-state index is 13.6. The molecule has 0 saturated heterocycles. The van der Waals surface area contributed by atoms with Crippen molar-refractivity contribution in [2.45, 2.75) is 32.6 Å². The lowest BCUT2D eigenvalue weighted by molar-refractivity contribution is 0.630. The van der Waals surface area contributed by atoms with Crippen molar-refractivity contribution in [1.29, 1.82) is 0 Å². The molecular formula is C31H29N5OS. The SMILES string of the molecule is Cc1c(N=c2scc(-c3ccccc3)n2N=C2CCCCc3ccccc32)c(=O)n(-c2ccccc2)n1C. The maximum Gasteiger partial charge on any atom is 0.297 e. The minimum atomic E-state index is -0.148. The first kappa shape index (κ1) is 24.1. The third-order valence-corrected chi connectivity index (χ3v) is 7.96. The fourth-order valence-electron chi connectivity index (χ4n) is 5.05. The molecule has 0 spiro atoms. The first-order valence-corrected chi connectivity index (χ1v) is 13.8. The van der Waals surface area contributed by atoms with Crippen molar-refractivity contribution >= 4 is 22.7 Å². The minimum absolute atomic E-state index is 0.148. The van der Waals surface area contributed by atoms with Gasteiger partial charge in [0.15, 0.2) is 5.69 Å². The third-order valence-electron chi connectivity index (χ3n) is 7.14. The summed E-state index contributed by atoms with van der Waals surface area (Å²) in [7, 11) is 1.89. The van der Waals surface area contributed by atoms with Crippen LogP contribution in [0.4, 0.5) is 5.69 Å². The molecule has 0 saturated carbocycles. The Kier molecular flexibility index (Phi) is 6.52. The van der Waals surface area contributed by atoms with Crippen LogP contribution in [0.15, 0.2) is 105 Å². The lowest BCUT2D eigenvalue weighted by atomic mass is 10.0. The molecular weight excluding hydrogens is 490 g/mol. The molecule has 0 unspecified atom stereocenters. The van der Waals surface area contributed by atoms with Crippen molar-refractivity contribution < 1.29 is 0 Å². The Morgan fingerprint density at radius 2 is 1.53 bits per heavy atom. The van der Waals surface area contributed by atoms with E-state index in [1.54, 1.807) is 4.68 Å². The van der Waals surface area contributed by atoms with Crippen LogP contribution < -0.4 is 10.4 Å². The Morgan fingerprint density at radius 3 is 2.32 bits per heavy atom. The predicted molar refractivity (Wildman–Crippen MR) is 155 cm³/mol. The second-order valence-corrected chi connectivity index (χ2v) is 10.4. The fraction of sp³-hybridized carbons (Fsp3) is 0.194. The van der Waals surface area contributed by atoms with E-state index in [0.717, 1.165) is 54.0 Å². The van der Waals surface area contributed by atoms with Crippen molar-refractivity contribution in [3.05, 3.63) is 122 Å². The van der Waals surface area contributed by atoms with Crippen LogP contribution in [-0.4, -0.2) is 19.8 Å². The van der Waals surface area contributed by atoms with Gasteiger partial charge in [0.05, 0.1) is 22.8 Å². The number of hydrogen-bond donors (Lipinski definition) is 0. The van der Waals surface area contributed by atoms with E-state index in [1.165, 1.54) is 22.5 Å². The molecule has 0 fully saturated rings. The standard InChI is InChI=1S/C31H29N5OS/c1-22-29(30(37)36(34(22)2)25-17-7-4-8-18-25)32-31-35(28(21-38-31)24-15-5-3-6-16-24)33-27-20-12-10-14-23-13-9-11-19-26(23)27/h3-9,11,13,15-19,21H,10,12,14,20H2,1-2H3. The molecule has 0 amide bonds. The van der Waals surface area contributed by atoms with Gasteiger partial charge >= 0.3 is 0 Å². The van der Waals surface area contributed by atoms with E-state index < -0.39 is 0 Å². The smallest absolute Gasteiger partial charge is 0.283 e. The molecule has 190 valence electrons. The van der Waals surface area contributed by atoms with Gasteiger partial charge in [0.2, 0.25) is 4.80 Å². The first-order chi connectivity index (χ1) is 18.6. The van der Waals surface area contributed by atoms with Gasteiger partial charge in [0.1, 0.15) is 0 Å². The molecule has 3 aromatic carbocycles. The molecule has 0 N–H and O–H groups in total. The third kappa shape index (κ3) is 4.39. The Bertz CT molecular complexity index is 1750. The Morgan fingerprint density at radius 1 is 0.842 bits per heavy atom. The monoisotopic (exact) mass is 519 g/mol. The number of rotatable bonds is 4. The summed E-state index contributed by atoms with van der Waals surface area (Å²) in [4.78, 5) is 19.2. The number of fused-ring (bicyclic) bond motifs is 1. The van der Waals surface area contributed by atoms with Gasteiger partial charge < -0.3 is 0 Å². The number of para-hydroxylation sites is 1. The number of benzene rings is 3. The summed E-state index contributed by atoms with van der Waals surface area (Å²) in [5.74, 6) is 0. The van der Waals surface area contributed by atoms with E-state index in [-0.39, 0.29) is 5.56 Å². The molecule has 0 aliphatic heterocycles.